The third-order valence-electron chi connectivity index (χ3n) is 2.29. The molecule has 6 nitrogen and oxygen atoms in total. The first kappa shape index (κ1) is 10.8. The number of hydrogen-bond acceptors (Lipinski definition) is 4. The summed E-state index contributed by atoms with van der Waals surface area (Å²) < 4.78 is 0. The lowest BCUT2D eigenvalue weighted by Crippen LogP contribution is -2.42. The molecule has 1 aromatic rings. The Morgan fingerprint density at radius 2 is 2.44 bits per heavy atom. The average molecular weight is 220 g/mol. The van der Waals surface area contributed by atoms with Gasteiger partial charge in [0.1, 0.15) is 5.82 Å². The first-order valence-electron chi connectivity index (χ1n) is 5.34. The van der Waals surface area contributed by atoms with E-state index < -0.39 is 0 Å². The van der Waals surface area contributed by atoms with Crippen LogP contribution in [-0.2, 0) is 6.54 Å². The Balaban J connectivity index is 1.94. The molecule has 0 saturated heterocycles. The van der Waals surface area contributed by atoms with Crippen molar-refractivity contribution >= 4 is 5.96 Å². The number of rotatable bonds is 3. The van der Waals surface area contributed by atoms with Crippen molar-refractivity contribution < 1.29 is 0 Å². The van der Waals surface area contributed by atoms with Crippen LogP contribution in [-0.4, -0.2) is 22.0 Å². The minimum absolute atomic E-state index is 0.503. The van der Waals surface area contributed by atoms with Crippen LogP contribution in [0.1, 0.15) is 24.4 Å². The number of aryl methyl sites for hydroxylation is 1. The summed E-state index contributed by atoms with van der Waals surface area (Å²) in [5.41, 5.74) is 3.44. The van der Waals surface area contributed by atoms with Crippen LogP contribution >= 0.6 is 0 Å². The average Bonchev–Trinajstić information content (AvgIpc) is 3.08. The normalized spacial score (nSPS) is 16.0. The third-order valence-corrected chi connectivity index (χ3v) is 2.29. The van der Waals surface area contributed by atoms with Gasteiger partial charge in [-0.15, -0.1) is 0 Å². The van der Waals surface area contributed by atoms with Crippen molar-refractivity contribution in [3.63, 3.8) is 0 Å². The Labute approximate surface area is 94.4 Å². The predicted molar refractivity (Wildman–Crippen MR) is 61.4 cm³/mol. The van der Waals surface area contributed by atoms with Gasteiger partial charge in [0.2, 0.25) is 5.96 Å². The Kier molecular flexibility index (Phi) is 3.31. The molecule has 0 aliphatic heterocycles. The van der Waals surface area contributed by atoms with Gasteiger partial charge in [0.25, 0.3) is 0 Å². The van der Waals surface area contributed by atoms with Gasteiger partial charge in [-0.3, -0.25) is 5.43 Å². The van der Waals surface area contributed by atoms with Crippen molar-refractivity contribution in [2.75, 3.05) is 0 Å². The fourth-order valence-electron chi connectivity index (χ4n) is 1.31. The zero-order valence-corrected chi connectivity index (χ0v) is 9.27. The molecule has 0 unspecified atom stereocenters. The smallest absolute Gasteiger partial charge is 0.206 e. The molecule has 0 radical (unpaired) electrons. The van der Waals surface area contributed by atoms with Crippen LogP contribution in [0.25, 0.3) is 0 Å². The molecule has 0 spiro atoms. The molecule has 1 heterocycles. The van der Waals surface area contributed by atoms with Gasteiger partial charge in [0.05, 0.1) is 12.2 Å². The molecule has 16 heavy (non-hydrogen) atoms. The monoisotopic (exact) mass is 220 g/mol. The Bertz CT molecular complexity index is 385. The van der Waals surface area contributed by atoms with Gasteiger partial charge in [-0.1, -0.05) is 0 Å². The second-order valence-corrected chi connectivity index (χ2v) is 3.82. The van der Waals surface area contributed by atoms with Gasteiger partial charge in [-0.05, 0) is 25.8 Å². The maximum atomic E-state index is 5.37. The number of nitrogens with zero attached hydrogens (tertiary/aromatic N) is 3. The lowest BCUT2D eigenvalue weighted by molar-refractivity contribution is 0.813. The predicted octanol–water partition coefficient (Wildman–Crippen LogP) is -0.144. The van der Waals surface area contributed by atoms with E-state index in [4.69, 9.17) is 5.84 Å². The van der Waals surface area contributed by atoms with Crippen LogP contribution < -0.4 is 16.6 Å². The van der Waals surface area contributed by atoms with Gasteiger partial charge < -0.3 is 5.32 Å². The molecular weight excluding hydrogens is 204 g/mol. The summed E-state index contributed by atoms with van der Waals surface area (Å²) in [4.78, 5) is 12.6. The number of nitrogens with two attached hydrogens (primary N) is 1. The van der Waals surface area contributed by atoms with Gasteiger partial charge in [0.15, 0.2) is 0 Å². The van der Waals surface area contributed by atoms with Crippen LogP contribution in [0.15, 0.2) is 17.3 Å². The molecule has 1 aromatic heterocycles. The van der Waals surface area contributed by atoms with E-state index in [1.54, 1.807) is 6.20 Å². The molecule has 1 fully saturated rings. The lowest BCUT2D eigenvalue weighted by atomic mass is 10.4. The first-order chi connectivity index (χ1) is 7.78. The topological polar surface area (TPSA) is 88.2 Å². The molecule has 0 aromatic carbocycles. The van der Waals surface area contributed by atoms with E-state index in [1.165, 1.54) is 12.8 Å². The molecule has 1 aliphatic carbocycles. The van der Waals surface area contributed by atoms with E-state index in [0.29, 0.717) is 18.5 Å². The third kappa shape index (κ3) is 3.16. The summed E-state index contributed by atoms with van der Waals surface area (Å²) >= 11 is 0. The Morgan fingerprint density at radius 1 is 1.62 bits per heavy atom. The zero-order valence-electron chi connectivity index (χ0n) is 9.27. The van der Waals surface area contributed by atoms with E-state index in [2.05, 4.69) is 25.7 Å². The van der Waals surface area contributed by atoms with Crippen LogP contribution in [0.3, 0.4) is 0 Å². The van der Waals surface area contributed by atoms with Gasteiger partial charge in [-0.25, -0.2) is 20.8 Å². The molecule has 1 aliphatic rings. The molecule has 4 N–H and O–H groups in total. The largest absolute Gasteiger partial charge is 0.353 e. The van der Waals surface area contributed by atoms with Crippen molar-refractivity contribution in [1.29, 1.82) is 0 Å². The summed E-state index contributed by atoms with van der Waals surface area (Å²) in [5.74, 6) is 6.75. The number of guanidine groups is 1. The van der Waals surface area contributed by atoms with E-state index >= 15 is 0 Å². The lowest BCUT2D eigenvalue weighted by Gasteiger charge is -2.07. The molecule has 0 amide bonds. The van der Waals surface area contributed by atoms with Crippen molar-refractivity contribution in [3.8, 4) is 0 Å². The van der Waals surface area contributed by atoms with Crippen molar-refractivity contribution in [1.82, 2.24) is 20.7 Å². The van der Waals surface area contributed by atoms with Crippen molar-refractivity contribution in [2.24, 2.45) is 10.8 Å². The highest BCUT2D eigenvalue weighted by Gasteiger charge is 2.21. The van der Waals surface area contributed by atoms with Crippen LogP contribution in [0, 0.1) is 6.92 Å². The second kappa shape index (κ2) is 4.89. The van der Waals surface area contributed by atoms with E-state index in [0.717, 1.165) is 11.5 Å². The van der Waals surface area contributed by atoms with Crippen molar-refractivity contribution in [2.45, 2.75) is 32.4 Å². The quantitative estimate of drug-likeness (QED) is 0.285. The molecule has 1 saturated carbocycles. The number of aromatic nitrogens is 2. The van der Waals surface area contributed by atoms with Gasteiger partial charge >= 0.3 is 0 Å². The first-order valence-corrected chi connectivity index (χ1v) is 5.34. The van der Waals surface area contributed by atoms with Crippen molar-refractivity contribution in [3.05, 3.63) is 23.8 Å². The maximum Gasteiger partial charge on any atom is 0.206 e. The van der Waals surface area contributed by atoms with E-state index in [-0.39, 0.29) is 0 Å². The fraction of sp³-hybridized carbons (Fsp3) is 0.500. The molecule has 0 bridgehead atoms. The fourth-order valence-corrected chi connectivity index (χ4v) is 1.31. The highest BCUT2D eigenvalue weighted by atomic mass is 15.3. The summed E-state index contributed by atoms with van der Waals surface area (Å²) in [7, 11) is 0. The van der Waals surface area contributed by atoms with Crippen LogP contribution in [0.4, 0.5) is 0 Å². The Morgan fingerprint density at radius 3 is 3.06 bits per heavy atom. The second-order valence-electron chi connectivity index (χ2n) is 3.82. The molecule has 0 atom stereocenters. The SMILES string of the molecule is Cc1nccc(CN=C(NN)NC2CC2)n1. The summed E-state index contributed by atoms with van der Waals surface area (Å²) in [5, 5.41) is 3.20. The van der Waals surface area contributed by atoms with Gasteiger partial charge in [-0.2, -0.15) is 0 Å². The minimum Gasteiger partial charge on any atom is -0.353 e. The van der Waals surface area contributed by atoms with Gasteiger partial charge in [0, 0.05) is 12.2 Å². The van der Waals surface area contributed by atoms with E-state index in [1.807, 2.05) is 13.0 Å². The van der Waals surface area contributed by atoms with Crippen LogP contribution in [0.5, 0.6) is 0 Å². The Hall–Kier alpha value is -1.69. The van der Waals surface area contributed by atoms with Crippen LogP contribution in [0.2, 0.25) is 0 Å². The highest BCUT2D eigenvalue weighted by molar-refractivity contribution is 5.79. The zero-order chi connectivity index (χ0) is 11.4. The molecule has 2 rings (SSSR count). The number of aliphatic imine (C=N–C) groups is 1. The molecule has 86 valence electrons. The standard InChI is InChI=1S/C10H16N6/c1-7-12-5-4-9(14-7)6-13-10(16-11)15-8-2-3-8/h4-5,8H,2-3,6,11H2,1H3,(H2,13,15,16). The summed E-state index contributed by atoms with van der Waals surface area (Å²) in [6, 6.07) is 2.38. The number of nitrogens with one attached hydrogen (secondary N) is 2. The summed E-state index contributed by atoms with van der Waals surface area (Å²) in [6.45, 7) is 2.36. The molecule has 6 heteroatoms. The molecular formula is C10H16N6. The number of hydrogen-bond donors (Lipinski definition) is 3. The van der Waals surface area contributed by atoms with E-state index in [9.17, 15) is 0 Å². The maximum absolute atomic E-state index is 5.37. The summed E-state index contributed by atoms with van der Waals surface area (Å²) in [6.07, 6.45) is 4.11. The highest BCUT2D eigenvalue weighted by Crippen LogP contribution is 2.18. The minimum atomic E-state index is 0.503. The number of hydrazine groups is 1.